The van der Waals surface area contributed by atoms with E-state index < -0.39 is 23.5 Å². The van der Waals surface area contributed by atoms with Crippen LogP contribution in [0.3, 0.4) is 0 Å². The number of para-hydroxylation sites is 1. The summed E-state index contributed by atoms with van der Waals surface area (Å²) in [7, 11) is 0. The van der Waals surface area contributed by atoms with Crippen LogP contribution in [0, 0.1) is 5.82 Å². The quantitative estimate of drug-likeness (QED) is 0.171. The van der Waals surface area contributed by atoms with Crippen LogP contribution in [0.15, 0.2) is 48.8 Å². The lowest BCUT2D eigenvalue weighted by Gasteiger charge is -2.34. The minimum absolute atomic E-state index is 0.0882. The topological polar surface area (TPSA) is 168 Å². The Balaban J connectivity index is 1.20. The van der Waals surface area contributed by atoms with Gasteiger partial charge in [0.2, 0.25) is 5.95 Å². The number of hydrogen-bond acceptors (Lipinski definition) is 10. The third-order valence-electron chi connectivity index (χ3n) is 6.72. The zero-order valence-electron chi connectivity index (χ0n) is 21.7. The molecule has 0 radical (unpaired) electrons. The average Bonchev–Trinajstić information content (AvgIpc) is 3.78. The van der Waals surface area contributed by atoms with E-state index in [2.05, 4.69) is 35.7 Å². The Hall–Kier alpha value is -5.47. The molecule has 5 heterocycles. The Morgan fingerprint density at radius 2 is 1.88 bits per heavy atom. The number of aromatic nitrogens is 8. The number of nitrogens with zero attached hydrogens (tertiary/aromatic N) is 8. The van der Waals surface area contributed by atoms with E-state index in [1.165, 1.54) is 17.2 Å². The van der Waals surface area contributed by atoms with Crippen molar-refractivity contribution in [1.29, 1.82) is 0 Å². The number of halogens is 1. The van der Waals surface area contributed by atoms with Gasteiger partial charge in [-0.2, -0.15) is 9.78 Å². The van der Waals surface area contributed by atoms with Crippen molar-refractivity contribution < 1.29 is 23.5 Å². The van der Waals surface area contributed by atoms with E-state index in [9.17, 15) is 18.8 Å². The van der Waals surface area contributed by atoms with Gasteiger partial charge in [-0.05, 0) is 29.5 Å². The molecular weight excluding hydrogens is 535 g/mol. The molecule has 1 saturated heterocycles. The molecule has 0 spiro atoms. The highest BCUT2D eigenvalue weighted by atomic mass is 19.1. The maximum absolute atomic E-state index is 15.0. The third kappa shape index (κ3) is 4.66. The second-order valence-electron chi connectivity index (χ2n) is 9.13. The van der Waals surface area contributed by atoms with E-state index in [1.807, 2.05) is 35.2 Å². The van der Waals surface area contributed by atoms with Crippen molar-refractivity contribution in [3.05, 3.63) is 65.9 Å². The van der Waals surface area contributed by atoms with Crippen molar-refractivity contribution >= 4 is 34.5 Å². The van der Waals surface area contributed by atoms with Gasteiger partial charge in [0.1, 0.15) is 17.1 Å². The average molecular weight is 559 g/mol. The fraction of sp³-hybridized carbons (Fsp3) is 0.231. The van der Waals surface area contributed by atoms with Crippen molar-refractivity contribution in [1.82, 2.24) is 45.3 Å². The molecule has 1 aliphatic rings. The number of ether oxygens (including phenoxy) is 1. The van der Waals surface area contributed by atoms with E-state index in [4.69, 9.17) is 4.74 Å². The van der Waals surface area contributed by atoms with E-state index in [0.29, 0.717) is 19.0 Å². The van der Waals surface area contributed by atoms with Gasteiger partial charge in [-0.3, -0.25) is 14.7 Å². The van der Waals surface area contributed by atoms with Crippen molar-refractivity contribution in [3.63, 3.8) is 0 Å². The van der Waals surface area contributed by atoms with Crippen LogP contribution in [-0.2, 0) is 9.53 Å². The zero-order chi connectivity index (χ0) is 28.5. The number of benzene rings is 1. The number of nitrogens with one attached hydrogen (secondary N) is 2. The van der Waals surface area contributed by atoms with Crippen molar-refractivity contribution in [2.24, 2.45) is 0 Å². The summed E-state index contributed by atoms with van der Waals surface area (Å²) in [5.74, 6) is -2.47. The van der Waals surface area contributed by atoms with Gasteiger partial charge in [-0.15, -0.1) is 0 Å². The second kappa shape index (κ2) is 10.6. The molecule has 1 aromatic carbocycles. The lowest BCUT2D eigenvalue weighted by Crippen LogP contribution is -2.51. The first-order valence-electron chi connectivity index (χ1n) is 12.8. The summed E-state index contributed by atoms with van der Waals surface area (Å²) in [6.07, 6.45) is 2.23. The maximum atomic E-state index is 15.0. The van der Waals surface area contributed by atoms with Crippen molar-refractivity contribution in [3.8, 4) is 17.1 Å². The number of esters is 1. The summed E-state index contributed by atoms with van der Waals surface area (Å²) in [4.78, 5) is 48.8. The lowest BCUT2D eigenvalue weighted by atomic mass is 10.1. The predicted molar refractivity (Wildman–Crippen MR) is 142 cm³/mol. The first-order chi connectivity index (χ1) is 20.0. The highest BCUT2D eigenvalue weighted by Gasteiger charge is 2.31. The molecule has 2 N–H and O–H groups in total. The van der Waals surface area contributed by atoms with Crippen LogP contribution >= 0.6 is 0 Å². The maximum Gasteiger partial charge on any atom is 0.356 e. The number of fused-ring (bicyclic) bond motifs is 1. The van der Waals surface area contributed by atoms with Crippen molar-refractivity contribution in [2.75, 3.05) is 37.7 Å². The number of carbonyl (C=O) groups is 3. The van der Waals surface area contributed by atoms with Gasteiger partial charge in [-0.1, -0.05) is 23.3 Å². The Morgan fingerprint density at radius 1 is 1.10 bits per heavy atom. The second-order valence-corrected chi connectivity index (χ2v) is 9.13. The number of ketones is 1. The van der Waals surface area contributed by atoms with Crippen LogP contribution < -0.4 is 4.90 Å². The number of amides is 1. The minimum Gasteiger partial charge on any atom is -0.461 e. The van der Waals surface area contributed by atoms with E-state index >= 15 is 0 Å². The third-order valence-corrected chi connectivity index (χ3v) is 6.72. The minimum atomic E-state index is -0.857. The number of aromatic amines is 2. The first-order valence-corrected chi connectivity index (χ1v) is 12.8. The van der Waals surface area contributed by atoms with Gasteiger partial charge < -0.3 is 19.5 Å². The Bertz CT molecular complexity index is 1750. The summed E-state index contributed by atoms with van der Waals surface area (Å²) in [5, 5.41) is 18.5. The molecule has 1 fully saturated rings. The predicted octanol–water partition coefficient (Wildman–Crippen LogP) is 1.78. The van der Waals surface area contributed by atoms with Crippen LogP contribution in [-0.4, -0.2) is 95.7 Å². The first kappa shape index (κ1) is 25.8. The fourth-order valence-electron chi connectivity index (χ4n) is 4.72. The summed E-state index contributed by atoms with van der Waals surface area (Å²) in [6, 6.07) is 10.8. The molecule has 0 bridgehead atoms. The Labute approximate surface area is 231 Å². The number of hydrogen-bond donors (Lipinski definition) is 2. The van der Waals surface area contributed by atoms with Gasteiger partial charge in [0.15, 0.2) is 5.82 Å². The van der Waals surface area contributed by atoms with Crippen LogP contribution in [0.5, 0.6) is 0 Å². The van der Waals surface area contributed by atoms with Crippen LogP contribution in [0.1, 0.15) is 27.8 Å². The molecule has 5 aromatic rings. The fourth-order valence-corrected chi connectivity index (χ4v) is 4.72. The van der Waals surface area contributed by atoms with Gasteiger partial charge >= 0.3 is 5.97 Å². The van der Waals surface area contributed by atoms with Crippen LogP contribution in [0.2, 0.25) is 0 Å². The highest BCUT2D eigenvalue weighted by Crippen LogP contribution is 2.30. The Morgan fingerprint density at radius 3 is 2.63 bits per heavy atom. The molecule has 0 saturated carbocycles. The lowest BCUT2D eigenvalue weighted by molar-refractivity contribution is -0.126. The summed E-state index contributed by atoms with van der Waals surface area (Å²) < 4.78 is 21.5. The number of piperazine rings is 1. The molecule has 4 aromatic heterocycles. The molecule has 6 rings (SSSR count). The molecule has 14 nitrogen and oxygen atoms in total. The molecule has 208 valence electrons. The van der Waals surface area contributed by atoms with Gasteiger partial charge in [0.25, 0.3) is 11.7 Å². The largest absolute Gasteiger partial charge is 0.461 e. The van der Waals surface area contributed by atoms with Crippen molar-refractivity contribution in [2.45, 2.75) is 6.92 Å². The number of rotatable bonds is 7. The van der Waals surface area contributed by atoms with Gasteiger partial charge in [0, 0.05) is 38.4 Å². The molecule has 0 atom stereocenters. The summed E-state index contributed by atoms with van der Waals surface area (Å²) >= 11 is 0. The van der Waals surface area contributed by atoms with Gasteiger partial charge in [-0.25, -0.2) is 14.2 Å². The zero-order valence-corrected chi connectivity index (χ0v) is 21.7. The molecule has 15 heteroatoms. The molecule has 41 heavy (non-hydrogen) atoms. The number of pyridine rings is 1. The number of Topliss-reactive ketones (excluding diaryl/α,β-unsaturated/α-hetero) is 1. The normalized spacial score (nSPS) is 13.5. The monoisotopic (exact) mass is 558 g/mol. The number of tetrazole rings is 1. The Kier molecular flexibility index (Phi) is 6.66. The molecule has 1 aliphatic heterocycles. The van der Waals surface area contributed by atoms with E-state index in [1.54, 1.807) is 11.6 Å². The SMILES string of the molecule is CCOC(=O)c1cc(-c2ncc(F)c3c(C(=O)C(=O)N4CCN(c5nnnn5-c5ccccc5)CC4)c[nH]c23)n[nH]1. The molecule has 1 amide bonds. The molecule has 0 aliphatic carbocycles. The number of carbonyl (C=O) groups excluding carboxylic acids is 3. The molecule has 0 unspecified atom stereocenters. The van der Waals surface area contributed by atoms with E-state index in [0.717, 1.165) is 11.9 Å². The van der Waals surface area contributed by atoms with Crippen LogP contribution in [0.25, 0.3) is 28.0 Å². The van der Waals surface area contributed by atoms with Gasteiger partial charge in [0.05, 0.1) is 35.0 Å². The highest BCUT2D eigenvalue weighted by molar-refractivity contribution is 6.45. The number of H-pyrrole nitrogens is 2. The standard InChI is InChI=1S/C26H23FN10O4/c1-2-41-25(40)19-12-18(30-31-19)21-22-20(17(27)14-29-21)16(13-28-22)23(38)24(39)35-8-10-36(11-9-35)26-32-33-34-37(26)15-6-4-3-5-7-15/h3-7,12-14,28H,2,8-11H2,1H3,(H,30,31). The number of anilines is 1. The summed E-state index contributed by atoms with van der Waals surface area (Å²) in [6.45, 7) is 3.13. The smallest absolute Gasteiger partial charge is 0.356 e. The summed E-state index contributed by atoms with van der Waals surface area (Å²) in [5.41, 5.74) is 1.37. The van der Waals surface area contributed by atoms with E-state index in [-0.39, 0.29) is 53.2 Å². The van der Waals surface area contributed by atoms with Crippen LogP contribution in [0.4, 0.5) is 10.3 Å². The molecular formula is C26H23FN10O4.